The SMILES string of the molecule is CCCCCCCCCCCCCCCCCC(=O)OC[C@@H](O)[C@H]1OC[C@H](OC(=O)CCCCC(=O)O)[C@H]1O. The number of carboxylic acid groups (broad SMARTS) is 1. The van der Waals surface area contributed by atoms with Crippen molar-refractivity contribution in [2.45, 2.75) is 160 Å². The lowest BCUT2D eigenvalue weighted by molar-refractivity contribution is -0.154. The quantitative estimate of drug-likeness (QED) is 0.0983. The second-order valence-corrected chi connectivity index (χ2v) is 10.9. The van der Waals surface area contributed by atoms with Gasteiger partial charge in [0, 0.05) is 19.3 Å². The molecule has 0 aromatic carbocycles. The van der Waals surface area contributed by atoms with Gasteiger partial charge in [-0.25, -0.2) is 0 Å². The molecule has 0 aromatic rings. The number of carboxylic acids is 1. The molecule has 9 heteroatoms. The summed E-state index contributed by atoms with van der Waals surface area (Å²) in [5, 5.41) is 29.3. The van der Waals surface area contributed by atoms with Gasteiger partial charge in [-0.3, -0.25) is 14.4 Å². The largest absolute Gasteiger partial charge is 0.481 e. The van der Waals surface area contributed by atoms with Crippen LogP contribution in [-0.4, -0.2) is 70.9 Å². The zero-order chi connectivity index (χ0) is 28.7. The third-order valence-corrected chi connectivity index (χ3v) is 7.25. The zero-order valence-corrected chi connectivity index (χ0v) is 24.2. The smallest absolute Gasteiger partial charge is 0.306 e. The van der Waals surface area contributed by atoms with E-state index >= 15 is 0 Å². The summed E-state index contributed by atoms with van der Waals surface area (Å²) in [4.78, 5) is 34.4. The van der Waals surface area contributed by atoms with Crippen molar-refractivity contribution >= 4 is 17.9 Å². The summed E-state index contributed by atoms with van der Waals surface area (Å²) in [7, 11) is 0. The van der Waals surface area contributed by atoms with Crippen LogP contribution in [0.1, 0.15) is 135 Å². The van der Waals surface area contributed by atoms with Crippen LogP contribution in [0.5, 0.6) is 0 Å². The van der Waals surface area contributed by atoms with Crippen molar-refractivity contribution in [2.75, 3.05) is 13.2 Å². The first-order valence-electron chi connectivity index (χ1n) is 15.4. The van der Waals surface area contributed by atoms with E-state index in [1.165, 1.54) is 77.0 Å². The highest BCUT2D eigenvalue weighted by Crippen LogP contribution is 2.22. The minimum atomic E-state index is -1.24. The number of carbonyl (C=O) groups is 3. The number of aliphatic hydroxyl groups is 2. The summed E-state index contributed by atoms with van der Waals surface area (Å²) in [6.07, 6.45) is 15.4. The maximum atomic E-state index is 12.0. The van der Waals surface area contributed by atoms with E-state index in [4.69, 9.17) is 19.3 Å². The molecule has 0 radical (unpaired) electrons. The number of carbonyl (C=O) groups excluding carboxylic acids is 2. The molecule has 3 N–H and O–H groups in total. The normalized spacial score (nSPS) is 19.6. The predicted octanol–water partition coefficient (Wildman–Crippen LogP) is 5.47. The Bertz CT molecular complexity index is 654. The van der Waals surface area contributed by atoms with Crippen LogP contribution in [0.15, 0.2) is 0 Å². The molecule has 0 spiro atoms. The van der Waals surface area contributed by atoms with Crippen molar-refractivity contribution in [2.24, 2.45) is 0 Å². The van der Waals surface area contributed by atoms with E-state index in [2.05, 4.69) is 6.92 Å². The highest BCUT2D eigenvalue weighted by atomic mass is 16.6. The monoisotopic (exact) mass is 558 g/mol. The van der Waals surface area contributed by atoms with E-state index in [0.717, 1.165) is 19.3 Å². The van der Waals surface area contributed by atoms with Crippen molar-refractivity contribution in [3.05, 3.63) is 0 Å². The Kier molecular flexibility index (Phi) is 20.9. The Morgan fingerprint density at radius 3 is 1.74 bits per heavy atom. The van der Waals surface area contributed by atoms with Crippen LogP contribution < -0.4 is 0 Å². The van der Waals surface area contributed by atoms with E-state index < -0.39 is 36.4 Å². The van der Waals surface area contributed by atoms with Crippen LogP contribution in [0.2, 0.25) is 0 Å². The molecule has 1 saturated heterocycles. The van der Waals surface area contributed by atoms with Crippen LogP contribution in [-0.2, 0) is 28.6 Å². The van der Waals surface area contributed by atoms with Gasteiger partial charge in [0.05, 0.1) is 6.61 Å². The van der Waals surface area contributed by atoms with Crippen LogP contribution in [0, 0.1) is 0 Å². The van der Waals surface area contributed by atoms with Crippen molar-refractivity contribution in [1.29, 1.82) is 0 Å². The number of hydrogen-bond donors (Lipinski definition) is 3. The Labute approximate surface area is 235 Å². The Balaban J connectivity index is 2.00. The average molecular weight is 559 g/mol. The lowest BCUT2D eigenvalue weighted by atomic mass is 10.0. The molecular weight excluding hydrogens is 504 g/mol. The minimum absolute atomic E-state index is 0.0190. The number of hydrogen-bond acceptors (Lipinski definition) is 8. The predicted molar refractivity (Wildman–Crippen MR) is 148 cm³/mol. The van der Waals surface area contributed by atoms with Gasteiger partial charge in [-0.05, 0) is 19.3 Å². The third-order valence-electron chi connectivity index (χ3n) is 7.25. The van der Waals surface area contributed by atoms with E-state index in [1.54, 1.807) is 0 Å². The summed E-state index contributed by atoms with van der Waals surface area (Å²) >= 11 is 0. The molecule has 0 bridgehead atoms. The average Bonchev–Trinajstić information content (AvgIpc) is 3.27. The summed E-state index contributed by atoms with van der Waals surface area (Å²) in [6, 6.07) is 0. The second kappa shape index (κ2) is 23.0. The van der Waals surface area contributed by atoms with Gasteiger partial charge in [0.15, 0.2) is 6.10 Å². The van der Waals surface area contributed by atoms with Gasteiger partial charge in [-0.1, -0.05) is 96.8 Å². The van der Waals surface area contributed by atoms with Gasteiger partial charge < -0.3 is 29.5 Å². The van der Waals surface area contributed by atoms with Gasteiger partial charge in [0.2, 0.25) is 0 Å². The molecule has 1 fully saturated rings. The fourth-order valence-electron chi connectivity index (χ4n) is 4.82. The summed E-state index contributed by atoms with van der Waals surface area (Å²) < 4.78 is 15.7. The molecule has 1 aliphatic rings. The number of unbranched alkanes of at least 4 members (excludes halogenated alkanes) is 15. The molecule has 0 saturated carbocycles. The topological polar surface area (TPSA) is 140 Å². The van der Waals surface area contributed by atoms with Crippen LogP contribution in [0.25, 0.3) is 0 Å². The van der Waals surface area contributed by atoms with Crippen molar-refractivity contribution in [3.8, 4) is 0 Å². The van der Waals surface area contributed by atoms with E-state index in [9.17, 15) is 24.6 Å². The lowest BCUT2D eigenvalue weighted by Crippen LogP contribution is -2.42. The van der Waals surface area contributed by atoms with Crippen LogP contribution >= 0.6 is 0 Å². The molecule has 0 aliphatic carbocycles. The minimum Gasteiger partial charge on any atom is -0.481 e. The maximum absolute atomic E-state index is 12.0. The Morgan fingerprint density at radius 2 is 1.21 bits per heavy atom. The highest BCUT2D eigenvalue weighted by Gasteiger charge is 2.42. The fourth-order valence-corrected chi connectivity index (χ4v) is 4.82. The number of aliphatic hydroxyl groups excluding tert-OH is 2. The molecular formula is C30H54O9. The van der Waals surface area contributed by atoms with Gasteiger partial charge in [0.1, 0.15) is 24.9 Å². The van der Waals surface area contributed by atoms with E-state index in [0.29, 0.717) is 19.3 Å². The van der Waals surface area contributed by atoms with Gasteiger partial charge in [-0.15, -0.1) is 0 Å². The molecule has 1 aliphatic heterocycles. The molecule has 1 rings (SSSR count). The Morgan fingerprint density at radius 1 is 0.744 bits per heavy atom. The lowest BCUT2D eigenvalue weighted by Gasteiger charge is -2.22. The molecule has 228 valence electrons. The Hall–Kier alpha value is -1.71. The maximum Gasteiger partial charge on any atom is 0.306 e. The van der Waals surface area contributed by atoms with Gasteiger partial charge in [0.25, 0.3) is 0 Å². The number of rotatable bonds is 25. The van der Waals surface area contributed by atoms with Gasteiger partial charge in [-0.2, -0.15) is 0 Å². The number of esters is 2. The molecule has 39 heavy (non-hydrogen) atoms. The van der Waals surface area contributed by atoms with E-state index in [-0.39, 0.29) is 32.0 Å². The standard InChI is InChI=1S/C30H54O9/c1-2-3-4-5-6-7-8-9-10-11-12-13-14-15-16-20-27(34)37-22-24(31)30-29(36)25(23-38-30)39-28(35)21-18-17-19-26(32)33/h24-25,29-31,36H,2-23H2,1H3,(H,32,33)/t24-,25+,29-,30-/m1/s1. The number of aliphatic carboxylic acids is 1. The molecule has 0 unspecified atom stereocenters. The molecule has 1 heterocycles. The molecule has 4 atom stereocenters. The van der Waals surface area contributed by atoms with E-state index in [1.807, 2.05) is 0 Å². The summed E-state index contributed by atoms with van der Waals surface area (Å²) in [6.45, 7) is 1.88. The van der Waals surface area contributed by atoms with Gasteiger partial charge >= 0.3 is 17.9 Å². The van der Waals surface area contributed by atoms with Crippen molar-refractivity contribution in [3.63, 3.8) is 0 Å². The van der Waals surface area contributed by atoms with Crippen LogP contribution in [0.3, 0.4) is 0 Å². The first kappa shape index (κ1) is 35.3. The first-order valence-corrected chi connectivity index (χ1v) is 15.4. The molecule has 0 amide bonds. The second-order valence-electron chi connectivity index (χ2n) is 10.9. The zero-order valence-electron chi connectivity index (χ0n) is 24.2. The summed E-state index contributed by atoms with van der Waals surface area (Å²) in [5.74, 6) is -1.87. The highest BCUT2D eigenvalue weighted by molar-refractivity contribution is 5.70. The summed E-state index contributed by atoms with van der Waals surface area (Å²) in [5.41, 5.74) is 0. The van der Waals surface area contributed by atoms with Crippen LogP contribution in [0.4, 0.5) is 0 Å². The molecule has 9 nitrogen and oxygen atoms in total. The third kappa shape index (κ3) is 18.3. The fraction of sp³-hybridized carbons (Fsp3) is 0.900. The molecule has 0 aromatic heterocycles. The van der Waals surface area contributed by atoms with Crippen molar-refractivity contribution < 1.29 is 43.9 Å². The first-order chi connectivity index (χ1) is 18.8. The number of ether oxygens (including phenoxy) is 3. The van der Waals surface area contributed by atoms with Crippen molar-refractivity contribution in [1.82, 2.24) is 0 Å².